The van der Waals surface area contributed by atoms with Gasteiger partial charge in [-0.15, -0.1) is 0 Å². The van der Waals surface area contributed by atoms with E-state index in [-0.39, 0.29) is 11.7 Å². The third-order valence-electron chi connectivity index (χ3n) is 2.85. The molecule has 0 heterocycles. The highest BCUT2D eigenvalue weighted by atomic mass is 32.2. The van der Waals surface area contributed by atoms with Crippen LogP contribution in [0.4, 0.5) is 4.39 Å². The summed E-state index contributed by atoms with van der Waals surface area (Å²) in [6, 6.07) is 4.06. The van der Waals surface area contributed by atoms with E-state index in [0.717, 1.165) is 6.42 Å². The van der Waals surface area contributed by atoms with E-state index in [0.29, 0.717) is 17.9 Å². The normalized spacial score (nSPS) is 13.6. The van der Waals surface area contributed by atoms with E-state index in [4.69, 9.17) is 4.74 Å². The van der Waals surface area contributed by atoms with Crippen LogP contribution in [-0.2, 0) is 21.3 Å². The molecule has 0 spiro atoms. The van der Waals surface area contributed by atoms with Crippen molar-refractivity contribution in [3.8, 4) is 5.75 Å². The molecule has 0 aromatic heterocycles. The maximum Gasteiger partial charge on any atom is 0.235 e. The number of carbonyl (C=O) groups excluding carboxylic acids is 1. The number of methoxy groups -OCH3 is 1. The quantitative estimate of drug-likeness (QED) is 0.838. The van der Waals surface area contributed by atoms with Crippen LogP contribution >= 0.6 is 0 Å². The molecule has 0 fully saturated rings. The lowest BCUT2D eigenvalue weighted by atomic mass is 10.2. The van der Waals surface area contributed by atoms with Gasteiger partial charge in [0.05, 0.1) is 12.9 Å². The molecular weight excluding hydrogens is 281 g/mol. The highest BCUT2D eigenvalue weighted by Crippen LogP contribution is 2.21. The average molecular weight is 301 g/mol. The monoisotopic (exact) mass is 301 g/mol. The molecule has 1 amide bonds. The van der Waals surface area contributed by atoms with E-state index in [1.165, 1.54) is 25.3 Å². The van der Waals surface area contributed by atoms with Gasteiger partial charge in [-0.2, -0.15) is 0 Å². The molecule has 0 aliphatic carbocycles. The minimum absolute atomic E-state index is 0.0850. The summed E-state index contributed by atoms with van der Waals surface area (Å²) in [5, 5.41) is 2.06. The van der Waals surface area contributed by atoms with Crippen LogP contribution in [0.5, 0.6) is 5.75 Å². The Kier molecular flexibility index (Phi) is 6.64. The molecule has 1 rings (SSSR count). The summed E-state index contributed by atoms with van der Waals surface area (Å²) >= 11 is 0. The van der Waals surface area contributed by atoms with Gasteiger partial charge in [0.1, 0.15) is 16.8 Å². The van der Waals surface area contributed by atoms with Gasteiger partial charge in [0.2, 0.25) is 5.91 Å². The summed E-state index contributed by atoms with van der Waals surface area (Å²) in [6.07, 6.45) is 0.822. The van der Waals surface area contributed by atoms with Crippen LogP contribution in [0, 0.1) is 5.82 Å². The van der Waals surface area contributed by atoms with Gasteiger partial charge in [-0.1, -0.05) is 6.92 Å². The van der Waals surface area contributed by atoms with Gasteiger partial charge in [0.15, 0.2) is 0 Å². The van der Waals surface area contributed by atoms with Crippen LogP contribution in [-0.4, -0.2) is 29.0 Å². The average Bonchev–Trinajstić information content (AvgIpc) is 2.44. The molecule has 0 bridgehead atoms. The van der Waals surface area contributed by atoms with E-state index in [2.05, 4.69) is 5.32 Å². The molecule has 0 aliphatic rings. The molecule has 20 heavy (non-hydrogen) atoms. The van der Waals surface area contributed by atoms with E-state index >= 15 is 0 Å². The lowest BCUT2D eigenvalue weighted by Gasteiger charge is -2.13. The second kappa shape index (κ2) is 7.99. The Bertz CT molecular complexity index is 493. The summed E-state index contributed by atoms with van der Waals surface area (Å²) in [5.74, 6) is -0.107. The lowest BCUT2D eigenvalue weighted by Crippen LogP contribution is -2.36. The number of hydrogen-bond donors (Lipinski definition) is 1. The Morgan fingerprint density at radius 2 is 2.20 bits per heavy atom. The van der Waals surface area contributed by atoms with Crippen LogP contribution in [0.3, 0.4) is 0 Å². The zero-order chi connectivity index (χ0) is 15.1. The summed E-state index contributed by atoms with van der Waals surface area (Å²) in [6.45, 7) is 4.11. The summed E-state index contributed by atoms with van der Waals surface area (Å²) in [4.78, 5) is 11.7. The summed E-state index contributed by atoms with van der Waals surface area (Å²) in [7, 11) is 0.0411. The summed E-state index contributed by atoms with van der Waals surface area (Å²) in [5.41, 5.74) is 0.501. The van der Waals surface area contributed by atoms with Crippen LogP contribution in [0.1, 0.15) is 25.8 Å². The molecule has 6 heteroatoms. The Labute approximate surface area is 121 Å². The van der Waals surface area contributed by atoms with Gasteiger partial charge >= 0.3 is 0 Å². The number of benzene rings is 1. The molecule has 1 aromatic carbocycles. The molecule has 0 aliphatic heterocycles. The van der Waals surface area contributed by atoms with Crippen molar-refractivity contribution < 1.29 is 18.1 Å². The molecule has 4 nitrogen and oxygen atoms in total. The van der Waals surface area contributed by atoms with Gasteiger partial charge in [0, 0.05) is 22.9 Å². The van der Waals surface area contributed by atoms with E-state index in [9.17, 15) is 13.4 Å². The van der Waals surface area contributed by atoms with Gasteiger partial charge in [0.25, 0.3) is 0 Å². The molecule has 1 N–H and O–H groups in total. The number of carbonyl (C=O) groups is 1. The van der Waals surface area contributed by atoms with Crippen LogP contribution < -0.4 is 10.1 Å². The SMILES string of the molecule is CCCNC(=O)[C@H](C)[S@@](=O)Cc1cc(F)ccc1OC. The minimum atomic E-state index is -1.43. The van der Waals surface area contributed by atoms with Gasteiger partial charge in [-0.3, -0.25) is 9.00 Å². The molecule has 0 saturated carbocycles. The molecular formula is C14H20FNO3S. The summed E-state index contributed by atoms with van der Waals surface area (Å²) < 4.78 is 30.5. The molecule has 112 valence electrons. The number of amides is 1. The molecule has 2 atom stereocenters. The smallest absolute Gasteiger partial charge is 0.235 e. The first-order valence-corrected chi connectivity index (χ1v) is 7.85. The Morgan fingerprint density at radius 3 is 2.80 bits per heavy atom. The van der Waals surface area contributed by atoms with Crippen molar-refractivity contribution in [2.75, 3.05) is 13.7 Å². The second-order valence-electron chi connectivity index (χ2n) is 4.41. The van der Waals surface area contributed by atoms with E-state index in [1.54, 1.807) is 6.92 Å². The second-order valence-corrected chi connectivity index (χ2v) is 6.17. The van der Waals surface area contributed by atoms with Crippen molar-refractivity contribution in [1.82, 2.24) is 5.32 Å². The first-order chi connectivity index (χ1) is 9.49. The number of rotatable bonds is 7. The fourth-order valence-electron chi connectivity index (χ4n) is 1.65. The van der Waals surface area contributed by atoms with E-state index < -0.39 is 21.9 Å². The molecule has 1 aromatic rings. The van der Waals surface area contributed by atoms with Crippen molar-refractivity contribution in [2.24, 2.45) is 0 Å². The maximum absolute atomic E-state index is 13.2. The highest BCUT2D eigenvalue weighted by molar-refractivity contribution is 7.85. The maximum atomic E-state index is 13.2. The standard InChI is InChI=1S/C14H20FNO3S/c1-4-7-16-14(17)10(2)20(18)9-11-8-12(15)5-6-13(11)19-3/h5-6,8,10H,4,7,9H2,1-3H3,(H,16,17)/t10-,20-/m0/s1. The number of nitrogens with one attached hydrogen (secondary N) is 1. The fourth-order valence-corrected chi connectivity index (χ4v) is 2.75. The fraction of sp³-hybridized carbons (Fsp3) is 0.500. The Balaban J connectivity index is 2.75. The van der Waals surface area contributed by atoms with E-state index in [1.807, 2.05) is 6.92 Å². The van der Waals surface area contributed by atoms with Gasteiger partial charge in [-0.05, 0) is 31.5 Å². The Hall–Kier alpha value is -1.43. The number of ether oxygens (including phenoxy) is 1. The lowest BCUT2D eigenvalue weighted by molar-refractivity contribution is -0.120. The molecule has 0 unspecified atom stereocenters. The van der Waals surface area contributed by atoms with Gasteiger partial charge < -0.3 is 10.1 Å². The van der Waals surface area contributed by atoms with Crippen LogP contribution in [0.15, 0.2) is 18.2 Å². The number of hydrogen-bond acceptors (Lipinski definition) is 3. The van der Waals surface area contributed by atoms with Crippen molar-refractivity contribution in [3.63, 3.8) is 0 Å². The molecule has 0 saturated heterocycles. The third-order valence-corrected chi connectivity index (χ3v) is 4.45. The van der Waals surface area contributed by atoms with Gasteiger partial charge in [-0.25, -0.2) is 4.39 Å². The molecule has 0 radical (unpaired) electrons. The topological polar surface area (TPSA) is 55.4 Å². The van der Waals surface area contributed by atoms with Crippen molar-refractivity contribution in [2.45, 2.75) is 31.3 Å². The predicted molar refractivity (Wildman–Crippen MR) is 77.6 cm³/mol. The predicted octanol–water partition coefficient (Wildman–Crippen LogP) is 2.00. The zero-order valence-electron chi connectivity index (χ0n) is 11.9. The van der Waals surface area contributed by atoms with Crippen LogP contribution in [0.2, 0.25) is 0 Å². The minimum Gasteiger partial charge on any atom is -0.496 e. The third kappa shape index (κ3) is 4.59. The Morgan fingerprint density at radius 1 is 1.50 bits per heavy atom. The largest absolute Gasteiger partial charge is 0.496 e. The highest BCUT2D eigenvalue weighted by Gasteiger charge is 2.21. The number of halogens is 1. The first kappa shape index (κ1) is 16.6. The van der Waals surface area contributed by atoms with Crippen molar-refractivity contribution >= 4 is 16.7 Å². The first-order valence-electron chi connectivity index (χ1n) is 6.46. The van der Waals surface area contributed by atoms with Crippen molar-refractivity contribution in [1.29, 1.82) is 0 Å². The zero-order valence-corrected chi connectivity index (χ0v) is 12.8. The van der Waals surface area contributed by atoms with Crippen LogP contribution in [0.25, 0.3) is 0 Å². The van der Waals surface area contributed by atoms with Crippen molar-refractivity contribution in [3.05, 3.63) is 29.6 Å².